The van der Waals surface area contributed by atoms with E-state index >= 15 is 0 Å². The number of anilines is 1. The van der Waals surface area contributed by atoms with E-state index in [2.05, 4.69) is 16.5 Å². The number of aliphatic hydroxyl groups excluding tert-OH is 1. The van der Waals surface area contributed by atoms with Crippen molar-refractivity contribution in [3.05, 3.63) is 33.5 Å². The summed E-state index contributed by atoms with van der Waals surface area (Å²) in [7, 11) is 3.04. The number of aliphatic hydroxyl groups is 1. The first-order valence-electron chi connectivity index (χ1n) is 8.73. The second-order valence-corrected chi connectivity index (χ2v) is 6.57. The summed E-state index contributed by atoms with van der Waals surface area (Å²) in [6.07, 6.45) is 2.90. The lowest BCUT2D eigenvalue weighted by Gasteiger charge is -2.20. The van der Waals surface area contributed by atoms with Crippen molar-refractivity contribution in [3.63, 3.8) is 0 Å². The van der Waals surface area contributed by atoms with Gasteiger partial charge in [-0.15, -0.1) is 6.58 Å². The molecule has 0 radical (unpaired) electrons. The van der Waals surface area contributed by atoms with Gasteiger partial charge in [0.25, 0.3) is 5.56 Å². The Kier molecular flexibility index (Phi) is 5.28. The van der Waals surface area contributed by atoms with Gasteiger partial charge in [0.2, 0.25) is 5.95 Å². The Labute approximate surface area is 150 Å². The van der Waals surface area contributed by atoms with Gasteiger partial charge in [-0.2, -0.15) is 4.98 Å². The van der Waals surface area contributed by atoms with Crippen LogP contribution in [0, 0.1) is 0 Å². The quantitative estimate of drug-likeness (QED) is 0.531. The van der Waals surface area contributed by atoms with Crippen LogP contribution in [-0.2, 0) is 25.4 Å². The number of aromatic nitrogens is 4. The lowest BCUT2D eigenvalue weighted by atomic mass is 10.3. The minimum Gasteiger partial charge on any atom is -0.389 e. The zero-order valence-electron chi connectivity index (χ0n) is 15.2. The maximum absolute atomic E-state index is 12.7. The van der Waals surface area contributed by atoms with Crippen LogP contribution < -0.4 is 16.1 Å². The highest BCUT2D eigenvalue weighted by atomic mass is 16.5. The molecular weight excluding hydrogens is 338 g/mol. The Morgan fingerprint density at radius 2 is 1.96 bits per heavy atom. The molecule has 0 saturated carbocycles. The predicted molar refractivity (Wildman–Crippen MR) is 98.7 cm³/mol. The summed E-state index contributed by atoms with van der Waals surface area (Å²) >= 11 is 0. The molecule has 142 valence electrons. The first-order valence-corrected chi connectivity index (χ1v) is 8.73. The van der Waals surface area contributed by atoms with Crippen LogP contribution in [0.4, 0.5) is 5.95 Å². The Morgan fingerprint density at radius 1 is 1.27 bits per heavy atom. The SMILES string of the molecule is C=CCOC[C@H](O)Cn1c(N2CCCC2)nc2c1c(=O)n(C)c(=O)n2C. The Balaban J connectivity index is 2.11. The van der Waals surface area contributed by atoms with Crippen LogP contribution in [0.3, 0.4) is 0 Å². The minimum atomic E-state index is -0.810. The van der Waals surface area contributed by atoms with Gasteiger partial charge in [-0.3, -0.25) is 13.9 Å². The van der Waals surface area contributed by atoms with E-state index in [0.717, 1.165) is 30.5 Å². The number of aryl methyl sites for hydroxylation is 1. The fraction of sp³-hybridized carbons (Fsp3) is 0.588. The third kappa shape index (κ3) is 3.19. The first kappa shape index (κ1) is 18.4. The second-order valence-electron chi connectivity index (χ2n) is 6.57. The number of hydrogen-bond donors (Lipinski definition) is 1. The van der Waals surface area contributed by atoms with Crippen LogP contribution in [0.1, 0.15) is 12.8 Å². The van der Waals surface area contributed by atoms with Gasteiger partial charge >= 0.3 is 5.69 Å². The number of nitrogens with zero attached hydrogens (tertiary/aromatic N) is 5. The van der Waals surface area contributed by atoms with Crippen molar-refractivity contribution in [3.8, 4) is 0 Å². The summed E-state index contributed by atoms with van der Waals surface area (Å²) in [5, 5.41) is 10.4. The number of fused-ring (bicyclic) bond motifs is 1. The fourth-order valence-corrected chi connectivity index (χ4v) is 3.32. The topological polar surface area (TPSA) is 94.5 Å². The minimum absolute atomic E-state index is 0.122. The normalized spacial score (nSPS) is 15.7. The second kappa shape index (κ2) is 7.46. The van der Waals surface area contributed by atoms with Gasteiger partial charge in [0.05, 0.1) is 25.9 Å². The number of ether oxygens (including phenoxy) is 1. The molecule has 1 fully saturated rings. The van der Waals surface area contributed by atoms with E-state index in [-0.39, 0.29) is 13.2 Å². The van der Waals surface area contributed by atoms with Gasteiger partial charge in [-0.05, 0) is 12.8 Å². The molecule has 9 heteroatoms. The summed E-state index contributed by atoms with van der Waals surface area (Å²) in [6, 6.07) is 0. The van der Waals surface area contributed by atoms with Gasteiger partial charge < -0.3 is 19.3 Å². The lowest BCUT2D eigenvalue weighted by Crippen LogP contribution is -2.38. The number of imidazole rings is 1. The van der Waals surface area contributed by atoms with E-state index in [0.29, 0.717) is 23.7 Å². The van der Waals surface area contributed by atoms with Crippen LogP contribution in [0.5, 0.6) is 0 Å². The van der Waals surface area contributed by atoms with Gasteiger partial charge in [0.15, 0.2) is 11.2 Å². The Morgan fingerprint density at radius 3 is 2.62 bits per heavy atom. The lowest BCUT2D eigenvalue weighted by molar-refractivity contribution is 0.0404. The van der Waals surface area contributed by atoms with E-state index in [1.165, 1.54) is 11.6 Å². The fourth-order valence-electron chi connectivity index (χ4n) is 3.32. The van der Waals surface area contributed by atoms with Crippen LogP contribution in [-0.4, -0.2) is 56.2 Å². The molecule has 1 atom stereocenters. The van der Waals surface area contributed by atoms with E-state index in [1.807, 2.05) is 0 Å². The zero-order chi connectivity index (χ0) is 18.8. The molecule has 1 saturated heterocycles. The smallest absolute Gasteiger partial charge is 0.332 e. The highest BCUT2D eigenvalue weighted by Gasteiger charge is 2.25. The zero-order valence-corrected chi connectivity index (χ0v) is 15.2. The standard InChI is InChI=1S/C17H25N5O4/c1-4-9-26-11-12(23)10-22-13-14(18-16(22)21-7-5-6-8-21)19(2)17(25)20(3)15(13)24/h4,12,23H,1,5-11H2,2-3H3/t12-/m1/s1. The van der Waals surface area contributed by atoms with Crippen molar-refractivity contribution in [1.29, 1.82) is 0 Å². The molecule has 0 aromatic carbocycles. The molecular formula is C17H25N5O4. The van der Waals surface area contributed by atoms with E-state index in [4.69, 9.17) is 4.74 Å². The van der Waals surface area contributed by atoms with Gasteiger partial charge in [0, 0.05) is 27.2 Å². The molecule has 1 aliphatic rings. The average molecular weight is 363 g/mol. The maximum atomic E-state index is 12.7. The van der Waals surface area contributed by atoms with E-state index in [1.54, 1.807) is 17.7 Å². The molecule has 0 amide bonds. The summed E-state index contributed by atoms with van der Waals surface area (Å²) in [5.74, 6) is 0.610. The van der Waals surface area contributed by atoms with Crippen LogP contribution >= 0.6 is 0 Å². The molecule has 26 heavy (non-hydrogen) atoms. The van der Waals surface area contributed by atoms with Crippen molar-refractivity contribution in [1.82, 2.24) is 18.7 Å². The molecule has 2 aromatic heterocycles. The van der Waals surface area contributed by atoms with E-state index < -0.39 is 17.4 Å². The van der Waals surface area contributed by atoms with Crippen LogP contribution in [0.15, 0.2) is 22.2 Å². The molecule has 1 aliphatic heterocycles. The monoisotopic (exact) mass is 363 g/mol. The van der Waals surface area contributed by atoms with Crippen molar-refractivity contribution in [2.24, 2.45) is 14.1 Å². The largest absolute Gasteiger partial charge is 0.389 e. The van der Waals surface area contributed by atoms with Crippen LogP contribution in [0.25, 0.3) is 11.2 Å². The molecule has 3 rings (SSSR count). The molecule has 0 spiro atoms. The van der Waals surface area contributed by atoms with Gasteiger partial charge in [-0.1, -0.05) is 6.08 Å². The Hall–Kier alpha value is -2.39. The first-order chi connectivity index (χ1) is 12.5. The number of rotatable bonds is 7. The van der Waals surface area contributed by atoms with Crippen molar-refractivity contribution < 1.29 is 9.84 Å². The van der Waals surface area contributed by atoms with Gasteiger partial charge in [0.1, 0.15) is 0 Å². The third-order valence-electron chi connectivity index (χ3n) is 4.66. The molecule has 0 unspecified atom stereocenters. The molecule has 9 nitrogen and oxygen atoms in total. The van der Waals surface area contributed by atoms with Crippen LogP contribution in [0.2, 0.25) is 0 Å². The summed E-state index contributed by atoms with van der Waals surface area (Å²) in [4.78, 5) is 31.6. The summed E-state index contributed by atoms with van der Waals surface area (Å²) in [5.41, 5.74) is -0.186. The predicted octanol–water partition coefficient (Wildman–Crippen LogP) is -0.403. The van der Waals surface area contributed by atoms with Crippen molar-refractivity contribution >= 4 is 17.1 Å². The van der Waals surface area contributed by atoms with Crippen molar-refractivity contribution in [2.45, 2.75) is 25.5 Å². The maximum Gasteiger partial charge on any atom is 0.332 e. The Bertz CT molecular complexity index is 920. The molecule has 3 heterocycles. The molecule has 0 bridgehead atoms. The van der Waals surface area contributed by atoms with Gasteiger partial charge in [-0.25, -0.2) is 4.79 Å². The van der Waals surface area contributed by atoms with E-state index in [9.17, 15) is 14.7 Å². The van der Waals surface area contributed by atoms with Crippen molar-refractivity contribution in [2.75, 3.05) is 31.2 Å². The highest BCUT2D eigenvalue weighted by molar-refractivity contribution is 5.74. The molecule has 0 aliphatic carbocycles. The molecule has 2 aromatic rings. The third-order valence-corrected chi connectivity index (χ3v) is 4.66. The highest BCUT2D eigenvalue weighted by Crippen LogP contribution is 2.23. The summed E-state index contributed by atoms with van der Waals surface area (Å²) in [6.45, 7) is 5.87. The average Bonchev–Trinajstić information content (AvgIpc) is 3.26. The summed E-state index contributed by atoms with van der Waals surface area (Å²) < 4.78 is 9.46. The molecule has 1 N–H and O–H groups in total. The number of hydrogen-bond acceptors (Lipinski definition) is 6.